The highest BCUT2D eigenvalue weighted by Crippen LogP contribution is 2.41. The fraction of sp³-hybridized carbons (Fsp3) is 0.308. The molecule has 1 unspecified atom stereocenters. The van der Waals surface area contributed by atoms with Crippen LogP contribution in [-0.4, -0.2) is 59.7 Å². The van der Waals surface area contributed by atoms with Gasteiger partial charge in [-0.05, 0) is 16.7 Å². The highest BCUT2D eigenvalue weighted by Gasteiger charge is 2.46. The van der Waals surface area contributed by atoms with Crippen LogP contribution in [0.1, 0.15) is 18.1 Å². The third kappa shape index (κ3) is 4.21. The van der Waals surface area contributed by atoms with E-state index in [1.807, 2.05) is 66.7 Å². The Hall–Kier alpha value is -2.58. The minimum Gasteiger partial charge on any atom is -0.387 e. The molecule has 0 aromatic heterocycles. The second-order valence-corrected chi connectivity index (χ2v) is 7.77. The fourth-order valence-electron chi connectivity index (χ4n) is 4.16. The summed E-state index contributed by atoms with van der Waals surface area (Å²) >= 11 is 0. The van der Waals surface area contributed by atoms with Crippen LogP contribution in [0.2, 0.25) is 0 Å². The van der Waals surface area contributed by atoms with Gasteiger partial charge in [-0.2, -0.15) is 0 Å². The first-order valence-corrected chi connectivity index (χ1v) is 10.5. The van der Waals surface area contributed by atoms with Crippen LogP contribution in [0.25, 0.3) is 0 Å². The average Bonchev–Trinajstić information content (AvgIpc) is 2.85. The summed E-state index contributed by atoms with van der Waals surface area (Å²) in [6, 6.07) is 26.7. The lowest BCUT2D eigenvalue weighted by atomic mass is 9.80. The molecule has 1 aliphatic heterocycles. The van der Waals surface area contributed by atoms with E-state index < -0.39 is 36.3 Å². The molecule has 6 heteroatoms. The number of aliphatic hydroxyl groups excluding tert-OH is 3. The van der Waals surface area contributed by atoms with Crippen LogP contribution >= 0.6 is 0 Å². The lowest BCUT2D eigenvalue weighted by Gasteiger charge is -2.42. The molecule has 1 saturated heterocycles. The number of ether oxygens (including phenoxy) is 3. The van der Waals surface area contributed by atoms with E-state index in [1.54, 1.807) is 18.2 Å². The maximum atomic E-state index is 10.6. The molecule has 0 saturated carbocycles. The van der Waals surface area contributed by atoms with Gasteiger partial charge in [0.25, 0.3) is 0 Å². The molecule has 1 aliphatic rings. The Balaban J connectivity index is 1.79. The minimum absolute atomic E-state index is 0.114. The summed E-state index contributed by atoms with van der Waals surface area (Å²) in [6.45, 7) is -0.114. The van der Waals surface area contributed by atoms with Crippen molar-refractivity contribution in [2.45, 2.75) is 36.3 Å². The monoisotopic (exact) mass is 437 g/mol. The van der Waals surface area contributed by atoms with Gasteiger partial charge >= 0.3 is 0 Å². The van der Waals surface area contributed by atoms with Crippen LogP contribution in [0.5, 0.6) is 0 Å². The summed E-state index contributed by atoms with van der Waals surface area (Å²) in [5, 5.41) is 31.0. The van der Waals surface area contributed by atoms with Gasteiger partial charge in [0.05, 0.1) is 7.98 Å². The molecule has 0 bridgehead atoms. The summed E-state index contributed by atoms with van der Waals surface area (Å²) in [5.74, 6) is 0. The van der Waals surface area contributed by atoms with Gasteiger partial charge in [0.15, 0.2) is 6.29 Å². The lowest BCUT2D eigenvalue weighted by Crippen LogP contribution is -2.59. The summed E-state index contributed by atoms with van der Waals surface area (Å²) in [4.78, 5) is 0. The average molecular weight is 438 g/mol. The van der Waals surface area contributed by atoms with Gasteiger partial charge in [-0.25, -0.2) is 0 Å². The molecule has 0 spiro atoms. The molecule has 3 N–H and O–H groups in total. The molecular formula is C26H28O6. The zero-order valence-electron chi connectivity index (χ0n) is 18.7. The Morgan fingerprint density at radius 2 is 1.31 bits per heavy atom. The summed E-state index contributed by atoms with van der Waals surface area (Å²) < 4.78 is 25.7. The molecule has 0 aliphatic carbocycles. The Kier molecular flexibility index (Phi) is 6.59. The molecule has 6 nitrogen and oxygen atoms in total. The van der Waals surface area contributed by atoms with Crippen molar-refractivity contribution in [2.75, 3.05) is 13.7 Å². The molecule has 1 heterocycles. The van der Waals surface area contributed by atoms with Gasteiger partial charge in [-0.1, -0.05) is 91.0 Å². The maximum absolute atomic E-state index is 10.6. The lowest BCUT2D eigenvalue weighted by molar-refractivity contribution is -0.299. The number of hydrogen-bond donors (Lipinski definition) is 3. The largest absolute Gasteiger partial charge is 0.387 e. The molecular weight excluding hydrogens is 408 g/mol. The first kappa shape index (κ1) is 21.3. The Morgan fingerprint density at radius 1 is 0.781 bits per heavy atom. The van der Waals surface area contributed by atoms with Crippen LogP contribution in [0.4, 0.5) is 0 Å². The first-order chi connectivity index (χ1) is 16.0. The zero-order valence-corrected chi connectivity index (χ0v) is 17.7. The maximum Gasteiger partial charge on any atom is 0.186 e. The first-order valence-electron chi connectivity index (χ1n) is 11.0. The summed E-state index contributed by atoms with van der Waals surface area (Å²) in [7, 11) is 1.36. The van der Waals surface area contributed by atoms with Gasteiger partial charge < -0.3 is 29.5 Å². The van der Waals surface area contributed by atoms with E-state index in [9.17, 15) is 15.3 Å². The number of benzene rings is 3. The number of aliphatic hydroxyl groups is 3. The Morgan fingerprint density at radius 3 is 1.84 bits per heavy atom. The van der Waals surface area contributed by atoms with Gasteiger partial charge in [-0.15, -0.1) is 0 Å². The highest BCUT2D eigenvalue weighted by atomic mass is 16.7. The molecule has 3 aromatic rings. The minimum atomic E-state index is -1.45. The van der Waals surface area contributed by atoms with Crippen molar-refractivity contribution in [2.24, 2.45) is 0 Å². The highest BCUT2D eigenvalue weighted by molar-refractivity contribution is 5.47. The van der Waals surface area contributed by atoms with Crippen molar-refractivity contribution in [3.8, 4) is 0 Å². The molecule has 168 valence electrons. The van der Waals surface area contributed by atoms with E-state index in [0.717, 1.165) is 16.7 Å². The van der Waals surface area contributed by atoms with E-state index in [0.29, 0.717) is 6.04 Å². The van der Waals surface area contributed by atoms with Gasteiger partial charge in [-0.3, -0.25) is 0 Å². The Bertz CT molecular complexity index is 990. The van der Waals surface area contributed by atoms with Crippen LogP contribution in [-0.2, 0) is 19.8 Å². The van der Waals surface area contributed by atoms with Crippen molar-refractivity contribution in [1.82, 2.24) is 0 Å². The zero-order chi connectivity index (χ0) is 23.4. The van der Waals surface area contributed by atoms with Crippen LogP contribution in [0.3, 0.4) is 0 Å². The SMILES string of the molecule is [2H]c1cccc(C(OC[C@H]2OC(OC)[C@H](O)[C@@H](O)[C@@H]2O)(c2ccccc2)c2ccccc2)c1. The van der Waals surface area contributed by atoms with Crippen LogP contribution < -0.4 is 0 Å². The quantitative estimate of drug-likeness (QED) is 0.492. The van der Waals surface area contributed by atoms with Crippen LogP contribution in [0.15, 0.2) is 91.0 Å². The number of methoxy groups -OCH3 is 1. The third-order valence-electron chi connectivity index (χ3n) is 5.84. The van der Waals surface area contributed by atoms with E-state index in [2.05, 4.69) is 0 Å². The molecule has 0 amide bonds. The smallest absolute Gasteiger partial charge is 0.186 e. The standard InChI is InChI=1S/C26H28O6/c1-30-25-24(29)23(28)22(27)21(32-25)17-31-26(18-11-5-2-6-12-18,19-13-7-3-8-14-19)20-15-9-4-10-16-20/h2-16,21-25,27-29H,17H2,1H3/t21-,22-,23+,24-,25?/m1/s1/i5D. The molecule has 3 aromatic carbocycles. The van der Waals surface area contributed by atoms with E-state index in [-0.39, 0.29) is 6.61 Å². The second kappa shape index (κ2) is 9.92. The van der Waals surface area contributed by atoms with Crippen LogP contribution in [0, 0.1) is 0 Å². The molecule has 32 heavy (non-hydrogen) atoms. The predicted molar refractivity (Wildman–Crippen MR) is 119 cm³/mol. The van der Waals surface area contributed by atoms with Crippen molar-refractivity contribution in [3.05, 3.63) is 108 Å². The van der Waals surface area contributed by atoms with Crippen molar-refractivity contribution in [1.29, 1.82) is 0 Å². The molecule has 0 radical (unpaired) electrons. The van der Waals surface area contributed by atoms with E-state index in [1.165, 1.54) is 7.11 Å². The van der Waals surface area contributed by atoms with Crippen molar-refractivity contribution in [3.63, 3.8) is 0 Å². The molecule has 4 rings (SSSR count). The molecule has 5 atom stereocenters. The van der Waals surface area contributed by atoms with Crippen molar-refractivity contribution >= 4 is 0 Å². The summed E-state index contributed by atoms with van der Waals surface area (Å²) in [5.41, 5.74) is 1.28. The number of hydrogen-bond acceptors (Lipinski definition) is 6. The third-order valence-corrected chi connectivity index (χ3v) is 5.84. The Labute approximate surface area is 189 Å². The van der Waals surface area contributed by atoms with Gasteiger partial charge in [0, 0.05) is 7.11 Å². The molecule has 1 fully saturated rings. The summed E-state index contributed by atoms with van der Waals surface area (Å²) in [6.07, 6.45) is -6.26. The normalized spacial score (nSPS) is 26.5. The van der Waals surface area contributed by atoms with Gasteiger partial charge in [0.2, 0.25) is 0 Å². The fourth-order valence-corrected chi connectivity index (χ4v) is 4.16. The van der Waals surface area contributed by atoms with E-state index in [4.69, 9.17) is 15.6 Å². The second-order valence-electron chi connectivity index (χ2n) is 7.77. The van der Waals surface area contributed by atoms with Gasteiger partial charge in [0.1, 0.15) is 30.0 Å². The number of rotatable bonds is 7. The van der Waals surface area contributed by atoms with E-state index >= 15 is 0 Å². The van der Waals surface area contributed by atoms with Crippen molar-refractivity contribution < 1.29 is 30.9 Å². The topological polar surface area (TPSA) is 88.4 Å². The predicted octanol–water partition coefficient (Wildman–Crippen LogP) is 2.45.